The molecule has 0 N–H and O–H groups in total. The molecule has 1 aliphatic heterocycles. The van der Waals surface area contributed by atoms with Gasteiger partial charge in [0, 0.05) is 37.0 Å². The van der Waals surface area contributed by atoms with Gasteiger partial charge in [0.1, 0.15) is 6.04 Å². The molecular formula is C14H16N4O. The van der Waals surface area contributed by atoms with Gasteiger partial charge in [-0.2, -0.15) is 0 Å². The summed E-state index contributed by atoms with van der Waals surface area (Å²) in [6, 6.07) is 3.55. The lowest BCUT2D eigenvalue weighted by Crippen LogP contribution is -2.36. The van der Waals surface area contributed by atoms with Crippen molar-refractivity contribution in [2.24, 2.45) is 0 Å². The zero-order chi connectivity index (χ0) is 13.2. The Balaban J connectivity index is 1.86. The Hall–Kier alpha value is -2.17. The van der Waals surface area contributed by atoms with Gasteiger partial charge in [0.2, 0.25) is 5.91 Å². The lowest BCUT2D eigenvalue weighted by Gasteiger charge is -2.28. The highest BCUT2D eigenvalue weighted by Gasteiger charge is 2.28. The fourth-order valence-corrected chi connectivity index (χ4v) is 2.58. The Morgan fingerprint density at radius 1 is 1.37 bits per heavy atom. The van der Waals surface area contributed by atoms with E-state index in [0.717, 1.165) is 30.6 Å². The summed E-state index contributed by atoms with van der Waals surface area (Å²) in [6.45, 7) is 0. The minimum absolute atomic E-state index is 0.102. The average Bonchev–Trinajstić information content (AvgIpc) is 2.95. The first kappa shape index (κ1) is 11.9. The van der Waals surface area contributed by atoms with E-state index in [0.29, 0.717) is 0 Å². The molecular weight excluding hydrogens is 240 g/mol. The van der Waals surface area contributed by atoms with Crippen LogP contribution in [0.25, 0.3) is 0 Å². The maximum Gasteiger partial charge on any atom is 0.249 e. The topological polar surface area (TPSA) is 51.0 Å². The van der Waals surface area contributed by atoms with E-state index < -0.39 is 0 Å². The Bertz CT molecular complexity index is 578. The van der Waals surface area contributed by atoms with Crippen LogP contribution in [0, 0.1) is 0 Å². The van der Waals surface area contributed by atoms with E-state index >= 15 is 0 Å². The molecule has 5 nitrogen and oxygen atoms in total. The van der Waals surface area contributed by atoms with Crippen LogP contribution in [-0.4, -0.2) is 27.5 Å². The minimum atomic E-state index is -0.135. The molecule has 0 radical (unpaired) electrons. The second-order valence-electron chi connectivity index (χ2n) is 4.80. The largest absolute Gasteiger partial charge is 0.322 e. The van der Waals surface area contributed by atoms with Gasteiger partial charge < -0.3 is 9.47 Å². The third-order valence-corrected chi connectivity index (χ3v) is 3.66. The molecule has 98 valence electrons. The Kier molecular flexibility index (Phi) is 3.03. The number of likely N-dealkylation sites (N-methyl/N-ethyl adjacent to an activating group) is 1. The molecule has 5 heteroatoms. The van der Waals surface area contributed by atoms with E-state index in [1.807, 2.05) is 29.9 Å². The summed E-state index contributed by atoms with van der Waals surface area (Å²) in [5.74, 6) is 0.102. The number of nitrogens with zero attached hydrogens (tertiary/aromatic N) is 4. The number of carbonyl (C=O) groups excluding carboxylic acids is 1. The van der Waals surface area contributed by atoms with Crippen molar-refractivity contribution in [3.05, 3.63) is 42.7 Å². The average molecular weight is 256 g/mol. The normalized spacial score (nSPS) is 17.8. The quantitative estimate of drug-likeness (QED) is 0.823. The first-order valence-electron chi connectivity index (χ1n) is 6.45. The fraction of sp³-hybridized carbons (Fsp3) is 0.357. The zero-order valence-corrected chi connectivity index (χ0v) is 10.9. The van der Waals surface area contributed by atoms with E-state index in [1.54, 1.807) is 23.6 Å². The molecule has 19 heavy (non-hydrogen) atoms. The molecule has 3 heterocycles. The molecule has 2 aromatic heterocycles. The van der Waals surface area contributed by atoms with Gasteiger partial charge >= 0.3 is 0 Å². The molecule has 0 bridgehead atoms. The first-order chi connectivity index (χ1) is 9.27. The van der Waals surface area contributed by atoms with Crippen LogP contribution < -0.4 is 4.90 Å². The Morgan fingerprint density at radius 2 is 2.16 bits per heavy atom. The standard InChI is InChI=1S/C14H16N4O/c1-17(11-5-7-15-8-6-11)14(19)13-4-2-3-12-9-16-10-18(12)13/h5-10,13H,2-4H2,1H3. The number of rotatable bonds is 2. The smallest absolute Gasteiger partial charge is 0.249 e. The summed E-state index contributed by atoms with van der Waals surface area (Å²) in [4.78, 5) is 22.4. The number of pyridine rings is 1. The molecule has 0 saturated heterocycles. The van der Waals surface area contributed by atoms with Crippen molar-refractivity contribution in [2.45, 2.75) is 25.3 Å². The van der Waals surface area contributed by atoms with Crippen molar-refractivity contribution in [2.75, 3.05) is 11.9 Å². The number of hydrogen-bond acceptors (Lipinski definition) is 3. The SMILES string of the molecule is CN(C(=O)C1CCCc2cncn21)c1ccncc1. The molecule has 1 atom stereocenters. The van der Waals surface area contributed by atoms with E-state index in [1.165, 1.54) is 0 Å². The predicted molar refractivity (Wildman–Crippen MR) is 71.8 cm³/mol. The fourth-order valence-electron chi connectivity index (χ4n) is 2.58. The van der Waals surface area contributed by atoms with E-state index in [9.17, 15) is 4.79 Å². The summed E-state index contributed by atoms with van der Waals surface area (Å²) in [6.07, 6.45) is 9.92. The van der Waals surface area contributed by atoms with Crippen molar-refractivity contribution < 1.29 is 4.79 Å². The lowest BCUT2D eigenvalue weighted by atomic mass is 10.0. The summed E-state index contributed by atoms with van der Waals surface area (Å²) >= 11 is 0. The van der Waals surface area contributed by atoms with Crippen LogP contribution >= 0.6 is 0 Å². The van der Waals surface area contributed by atoms with Crippen molar-refractivity contribution in [1.82, 2.24) is 14.5 Å². The highest BCUT2D eigenvalue weighted by atomic mass is 16.2. The predicted octanol–water partition coefficient (Wildman–Crippen LogP) is 1.82. The van der Waals surface area contributed by atoms with Gasteiger partial charge in [-0.05, 0) is 31.4 Å². The number of hydrogen-bond donors (Lipinski definition) is 0. The van der Waals surface area contributed by atoms with Gasteiger partial charge in [-0.1, -0.05) is 0 Å². The van der Waals surface area contributed by atoms with Gasteiger partial charge in [-0.15, -0.1) is 0 Å². The second-order valence-corrected chi connectivity index (χ2v) is 4.80. The molecule has 0 saturated carbocycles. The number of carbonyl (C=O) groups is 1. The lowest BCUT2D eigenvalue weighted by molar-refractivity contribution is -0.122. The number of aryl methyl sites for hydroxylation is 1. The monoisotopic (exact) mass is 256 g/mol. The molecule has 3 rings (SSSR count). The maximum absolute atomic E-state index is 12.6. The first-order valence-corrected chi connectivity index (χ1v) is 6.45. The number of fused-ring (bicyclic) bond motifs is 1. The highest BCUT2D eigenvalue weighted by Crippen LogP contribution is 2.27. The molecule has 1 aliphatic rings. The van der Waals surface area contributed by atoms with Crippen molar-refractivity contribution in [3.8, 4) is 0 Å². The summed E-state index contributed by atoms with van der Waals surface area (Å²) < 4.78 is 2.00. The van der Waals surface area contributed by atoms with Crippen LogP contribution in [0.1, 0.15) is 24.6 Å². The van der Waals surface area contributed by atoms with E-state index in [-0.39, 0.29) is 11.9 Å². The number of aromatic nitrogens is 3. The van der Waals surface area contributed by atoms with Crippen LogP contribution in [0.5, 0.6) is 0 Å². The van der Waals surface area contributed by atoms with Crippen molar-refractivity contribution in [1.29, 1.82) is 0 Å². The van der Waals surface area contributed by atoms with Crippen LogP contribution in [0.3, 0.4) is 0 Å². The molecule has 0 fully saturated rings. The Labute approximate surface area is 111 Å². The molecule has 1 unspecified atom stereocenters. The maximum atomic E-state index is 12.6. The van der Waals surface area contributed by atoms with Gasteiger partial charge in [0.15, 0.2) is 0 Å². The van der Waals surface area contributed by atoms with Crippen molar-refractivity contribution in [3.63, 3.8) is 0 Å². The van der Waals surface area contributed by atoms with E-state index in [2.05, 4.69) is 9.97 Å². The third kappa shape index (κ3) is 2.12. The zero-order valence-electron chi connectivity index (χ0n) is 10.9. The van der Waals surface area contributed by atoms with Crippen molar-refractivity contribution >= 4 is 11.6 Å². The second kappa shape index (κ2) is 4.84. The van der Waals surface area contributed by atoms with Crippen LogP contribution in [0.2, 0.25) is 0 Å². The van der Waals surface area contributed by atoms with Gasteiger partial charge in [0.25, 0.3) is 0 Å². The molecule has 0 aromatic carbocycles. The molecule has 0 aliphatic carbocycles. The van der Waals surface area contributed by atoms with Gasteiger partial charge in [0.05, 0.1) is 6.33 Å². The summed E-state index contributed by atoms with van der Waals surface area (Å²) in [5, 5.41) is 0. The minimum Gasteiger partial charge on any atom is -0.322 e. The van der Waals surface area contributed by atoms with Crippen LogP contribution in [0.15, 0.2) is 37.1 Å². The highest BCUT2D eigenvalue weighted by molar-refractivity contribution is 5.95. The number of amides is 1. The van der Waals surface area contributed by atoms with Crippen LogP contribution in [0.4, 0.5) is 5.69 Å². The van der Waals surface area contributed by atoms with Gasteiger partial charge in [-0.25, -0.2) is 4.98 Å². The van der Waals surface area contributed by atoms with Gasteiger partial charge in [-0.3, -0.25) is 9.78 Å². The molecule has 1 amide bonds. The summed E-state index contributed by atoms with van der Waals surface area (Å²) in [5.41, 5.74) is 2.01. The van der Waals surface area contributed by atoms with Crippen LogP contribution in [-0.2, 0) is 11.2 Å². The third-order valence-electron chi connectivity index (χ3n) is 3.66. The molecule has 2 aromatic rings. The number of imidazole rings is 1. The number of anilines is 1. The Morgan fingerprint density at radius 3 is 2.95 bits per heavy atom. The summed E-state index contributed by atoms with van der Waals surface area (Å²) in [7, 11) is 1.81. The molecule has 0 spiro atoms. The van der Waals surface area contributed by atoms with E-state index in [4.69, 9.17) is 0 Å².